The van der Waals surface area contributed by atoms with Gasteiger partial charge < -0.3 is 15.7 Å². The first kappa shape index (κ1) is 32.2. The Morgan fingerprint density at radius 2 is 1.30 bits per heavy atom. The van der Waals surface area contributed by atoms with E-state index in [2.05, 4.69) is 96.8 Å². The number of benzene rings is 3. The molecule has 9 heteroatoms. The standard InChI is InChI=1S/C37H36N4O4S/c1-23-5-9-25(10-6-23)26-13-15-27(16-14-26)29-20-38-34(39-21-29)28-11-7-24(8-12-28)19-30(35(44)40-22-33(42)43)41-36(45)31-17-18-32(46-31)37(2,3)4/h5-18,20-21,30H,19,22H2,1-4H3,(H,40,44)(H,41,45)(H,42,43)/t30-/m0/s1. The summed E-state index contributed by atoms with van der Waals surface area (Å²) in [5.74, 6) is -1.56. The summed E-state index contributed by atoms with van der Waals surface area (Å²) in [5, 5.41) is 14.2. The van der Waals surface area contributed by atoms with Crippen molar-refractivity contribution >= 4 is 29.1 Å². The van der Waals surface area contributed by atoms with E-state index in [0.717, 1.165) is 32.7 Å². The number of nitrogens with zero attached hydrogens (tertiary/aromatic N) is 2. The van der Waals surface area contributed by atoms with Crippen molar-refractivity contribution in [1.82, 2.24) is 20.6 Å². The number of carboxylic acids is 1. The first-order chi connectivity index (χ1) is 22.0. The molecule has 5 rings (SSSR count). The number of hydrogen-bond acceptors (Lipinski definition) is 6. The molecular weight excluding hydrogens is 596 g/mol. The van der Waals surface area contributed by atoms with Crippen LogP contribution in [-0.2, 0) is 21.4 Å². The predicted octanol–water partition coefficient (Wildman–Crippen LogP) is 6.69. The average Bonchev–Trinajstić information content (AvgIpc) is 3.56. The summed E-state index contributed by atoms with van der Waals surface area (Å²) >= 11 is 1.37. The lowest BCUT2D eigenvalue weighted by Crippen LogP contribution is -2.49. The molecule has 46 heavy (non-hydrogen) atoms. The summed E-state index contributed by atoms with van der Waals surface area (Å²) < 4.78 is 0. The van der Waals surface area contributed by atoms with Gasteiger partial charge >= 0.3 is 5.97 Å². The van der Waals surface area contributed by atoms with Crippen LogP contribution in [0.5, 0.6) is 0 Å². The van der Waals surface area contributed by atoms with E-state index in [1.54, 1.807) is 18.5 Å². The van der Waals surface area contributed by atoms with Gasteiger partial charge in [0.05, 0.1) is 4.88 Å². The van der Waals surface area contributed by atoms with Crippen molar-refractivity contribution in [2.24, 2.45) is 0 Å². The number of nitrogens with one attached hydrogen (secondary N) is 2. The molecule has 5 aromatic rings. The molecule has 0 unspecified atom stereocenters. The second kappa shape index (κ2) is 13.9. The molecule has 0 aliphatic carbocycles. The van der Waals surface area contributed by atoms with Crippen molar-refractivity contribution in [3.63, 3.8) is 0 Å². The minimum atomic E-state index is -1.17. The van der Waals surface area contributed by atoms with Gasteiger partial charge in [-0.05, 0) is 46.7 Å². The van der Waals surface area contributed by atoms with Crippen molar-refractivity contribution in [2.45, 2.75) is 45.6 Å². The summed E-state index contributed by atoms with van der Waals surface area (Å²) in [7, 11) is 0. The van der Waals surface area contributed by atoms with E-state index < -0.39 is 24.5 Å². The zero-order valence-electron chi connectivity index (χ0n) is 26.2. The molecule has 0 bridgehead atoms. The third kappa shape index (κ3) is 8.11. The Balaban J connectivity index is 1.26. The van der Waals surface area contributed by atoms with E-state index in [0.29, 0.717) is 10.7 Å². The van der Waals surface area contributed by atoms with Crippen molar-refractivity contribution < 1.29 is 19.5 Å². The zero-order valence-corrected chi connectivity index (χ0v) is 27.0. The summed E-state index contributed by atoms with van der Waals surface area (Å²) in [6.07, 6.45) is 3.77. The Labute approximate surface area is 272 Å². The van der Waals surface area contributed by atoms with Gasteiger partial charge in [-0.25, -0.2) is 9.97 Å². The van der Waals surface area contributed by atoms with Crippen molar-refractivity contribution in [3.05, 3.63) is 118 Å². The van der Waals surface area contributed by atoms with Gasteiger partial charge in [-0.2, -0.15) is 0 Å². The number of rotatable bonds is 10. The molecule has 3 N–H and O–H groups in total. The van der Waals surface area contributed by atoms with Gasteiger partial charge in [0.2, 0.25) is 5.91 Å². The smallest absolute Gasteiger partial charge is 0.322 e. The molecule has 2 heterocycles. The normalized spacial score (nSPS) is 11.9. The van der Waals surface area contributed by atoms with E-state index in [4.69, 9.17) is 5.11 Å². The Bertz CT molecular complexity index is 1820. The molecule has 0 fully saturated rings. The highest BCUT2D eigenvalue weighted by Gasteiger charge is 2.25. The summed E-state index contributed by atoms with van der Waals surface area (Å²) in [4.78, 5) is 47.8. The summed E-state index contributed by atoms with van der Waals surface area (Å²) in [6, 6.07) is 26.9. The Kier molecular flexibility index (Phi) is 9.72. The van der Waals surface area contributed by atoms with Gasteiger partial charge in [-0.3, -0.25) is 14.4 Å². The molecule has 0 radical (unpaired) electrons. The minimum Gasteiger partial charge on any atom is -0.480 e. The molecule has 234 valence electrons. The summed E-state index contributed by atoms with van der Waals surface area (Å²) in [6.45, 7) is 7.73. The van der Waals surface area contributed by atoms with Gasteiger partial charge in [-0.1, -0.05) is 99.1 Å². The van der Waals surface area contributed by atoms with Crippen LogP contribution in [0.25, 0.3) is 33.6 Å². The van der Waals surface area contributed by atoms with E-state index in [-0.39, 0.29) is 17.7 Å². The van der Waals surface area contributed by atoms with Crippen molar-refractivity contribution in [2.75, 3.05) is 6.54 Å². The largest absolute Gasteiger partial charge is 0.480 e. The molecular formula is C37H36N4O4S. The van der Waals surface area contributed by atoms with Crippen LogP contribution in [0, 0.1) is 6.92 Å². The molecule has 0 aliphatic rings. The van der Waals surface area contributed by atoms with Gasteiger partial charge in [-0.15, -0.1) is 11.3 Å². The Hall–Kier alpha value is -5.15. The highest BCUT2D eigenvalue weighted by Crippen LogP contribution is 2.30. The maximum atomic E-state index is 13.1. The van der Waals surface area contributed by atoms with Crippen LogP contribution in [0.2, 0.25) is 0 Å². The SMILES string of the molecule is Cc1ccc(-c2ccc(-c3cnc(-c4ccc(C[C@H](NC(=O)c5ccc(C(C)(C)C)s5)C(=O)NCC(=O)O)cc4)nc3)cc2)cc1. The van der Waals surface area contributed by atoms with Gasteiger partial charge in [0.15, 0.2) is 5.82 Å². The van der Waals surface area contributed by atoms with E-state index in [9.17, 15) is 14.4 Å². The van der Waals surface area contributed by atoms with Gasteiger partial charge in [0, 0.05) is 34.8 Å². The third-order valence-electron chi connectivity index (χ3n) is 7.51. The number of carbonyl (C=O) groups is 3. The number of aromatic nitrogens is 2. The molecule has 2 aromatic heterocycles. The number of hydrogen-bond donors (Lipinski definition) is 3. The topological polar surface area (TPSA) is 121 Å². The van der Waals surface area contributed by atoms with Crippen LogP contribution >= 0.6 is 11.3 Å². The van der Waals surface area contributed by atoms with E-state index >= 15 is 0 Å². The number of aryl methyl sites for hydroxylation is 1. The predicted molar refractivity (Wildman–Crippen MR) is 182 cm³/mol. The Morgan fingerprint density at radius 1 is 0.761 bits per heavy atom. The molecule has 1 atom stereocenters. The minimum absolute atomic E-state index is 0.110. The van der Waals surface area contributed by atoms with E-state index in [1.807, 2.05) is 30.3 Å². The van der Waals surface area contributed by atoms with Crippen molar-refractivity contribution in [1.29, 1.82) is 0 Å². The molecule has 0 saturated heterocycles. The summed E-state index contributed by atoms with van der Waals surface area (Å²) in [5.41, 5.74) is 6.93. The van der Waals surface area contributed by atoms with Crippen molar-refractivity contribution in [3.8, 4) is 33.6 Å². The lowest BCUT2D eigenvalue weighted by atomic mass is 9.95. The monoisotopic (exact) mass is 632 g/mol. The quantitative estimate of drug-likeness (QED) is 0.158. The highest BCUT2D eigenvalue weighted by atomic mass is 32.1. The number of amides is 2. The first-order valence-electron chi connectivity index (χ1n) is 15.0. The van der Waals surface area contributed by atoms with Crippen LogP contribution < -0.4 is 10.6 Å². The van der Waals surface area contributed by atoms with Gasteiger partial charge in [0.25, 0.3) is 5.91 Å². The zero-order chi connectivity index (χ0) is 32.8. The second-order valence-corrected chi connectivity index (χ2v) is 13.3. The van der Waals surface area contributed by atoms with Gasteiger partial charge in [0.1, 0.15) is 12.6 Å². The number of carboxylic acid groups (broad SMARTS) is 1. The first-order valence-corrected chi connectivity index (χ1v) is 15.8. The average molecular weight is 633 g/mol. The van der Waals surface area contributed by atoms with Crippen LogP contribution in [0.15, 0.2) is 97.3 Å². The lowest BCUT2D eigenvalue weighted by molar-refractivity contribution is -0.138. The number of thiophene rings is 1. The van der Waals surface area contributed by atoms with Crippen LogP contribution in [0.3, 0.4) is 0 Å². The highest BCUT2D eigenvalue weighted by molar-refractivity contribution is 7.14. The van der Waals surface area contributed by atoms with Crippen LogP contribution in [0.1, 0.15) is 46.4 Å². The molecule has 0 spiro atoms. The fourth-order valence-electron chi connectivity index (χ4n) is 4.84. The molecule has 0 aliphatic heterocycles. The maximum Gasteiger partial charge on any atom is 0.322 e. The molecule has 8 nitrogen and oxygen atoms in total. The molecule has 3 aromatic carbocycles. The molecule has 0 saturated carbocycles. The van der Waals surface area contributed by atoms with E-state index in [1.165, 1.54) is 22.5 Å². The maximum absolute atomic E-state index is 13.1. The van der Waals surface area contributed by atoms with Crippen LogP contribution in [-0.4, -0.2) is 45.4 Å². The lowest BCUT2D eigenvalue weighted by Gasteiger charge is -2.18. The second-order valence-electron chi connectivity index (χ2n) is 12.2. The number of carbonyl (C=O) groups excluding carboxylic acids is 2. The fraction of sp³-hybridized carbons (Fsp3) is 0.216. The number of aliphatic carboxylic acids is 1. The van der Waals surface area contributed by atoms with Crippen LogP contribution in [0.4, 0.5) is 0 Å². The fourth-order valence-corrected chi connectivity index (χ4v) is 5.81. The third-order valence-corrected chi connectivity index (χ3v) is 9.02. The molecule has 2 amide bonds. The Morgan fingerprint density at radius 3 is 1.85 bits per heavy atom.